The van der Waals surface area contributed by atoms with Crippen LogP contribution >= 0.6 is 0 Å². The normalized spacial score (nSPS) is 18.9. The van der Waals surface area contributed by atoms with Gasteiger partial charge in [0.05, 0.1) is 32.5 Å². The van der Waals surface area contributed by atoms with Crippen molar-refractivity contribution in [2.75, 3.05) is 34.6 Å². The Labute approximate surface area is 231 Å². The van der Waals surface area contributed by atoms with E-state index in [4.69, 9.17) is 18.9 Å². The molecule has 1 aliphatic rings. The van der Waals surface area contributed by atoms with E-state index in [1.54, 1.807) is 18.2 Å². The van der Waals surface area contributed by atoms with Gasteiger partial charge in [-0.15, -0.1) is 0 Å². The molecule has 0 aromatic heterocycles. The molecule has 0 aliphatic heterocycles. The molecule has 2 aromatic rings. The maximum absolute atomic E-state index is 10.7. The van der Waals surface area contributed by atoms with E-state index in [1.807, 2.05) is 19.2 Å². The Kier molecular flexibility index (Phi) is 12.5. The van der Waals surface area contributed by atoms with Crippen LogP contribution in [0.3, 0.4) is 0 Å². The summed E-state index contributed by atoms with van der Waals surface area (Å²) in [5.74, 6) is 1.90. The van der Waals surface area contributed by atoms with Gasteiger partial charge in [0.2, 0.25) is 5.75 Å². The van der Waals surface area contributed by atoms with Crippen LogP contribution in [0.1, 0.15) is 56.1 Å². The molecule has 2 aromatic carbocycles. The van der Waals surface area contributed by atoms with Crippen LogP contribution in [0, 0.1) is 5.92 Å². The number of nitrogens with one attached hydrogen (secondary N) is 1. The first-order chi connectivity index (χ1) is 18.9. The van der Waals surface area contributed by atoms with Crippen LogP contribution in [0.15, 0.2) is 30.3 Å². The van der Waals surface area contributed by atoms with Gasteiger partial charge in [0.25, 0.3) is 0 Å². The molecule has 39 heavy (non-hydrogen) atoms. The van der Waals surface area contributed by atoms with Crippen molar-refractivity contribution < 1.29 is 39.4 Å². The van der Waals surface area contributed by atoms with E-state index in [2.05, 4.69) is 5.32 Å². The Morgan fingerprint density at radius 2 is 1.54 bits per heavy atom. The maximum Gasteiger partial charge on any atom is 0.200 e. The van der Waals surface area contributed by atoms with Gasteiger partial charge in [0.15, 0.2) is 23.0 Å². The van der Waals surface area contributed by atoms with Gasteiger partial charge in [0.1, 0.15) is 6.79 Å². The predicted octanol–water partition coefficient (Wildman–Crippen LogP) is 3.92. The summed E-state index contributed by atoms with van der Waals surface area (Å²) < 4.78 is 22.1. The first kappa shape index (κ1) is 30.8. The molecule has 3 rings (SSSR count). The van der Waals surface area contributed by atoms with Gasteiger partial charge in [0, 0.05) is 0 Å². The van der Waals surface area contributed by atoms with Gasteiger partial charge in [-0.25, -0.2) is 0 Å². The Morgan fingerprint density at radius 1 is 0.897 bits per heavy atom. The highest BCUT2D eigenvalue weighted by atomic mass is 16.6. The molecule has 9 heteroatoms. The molecule has 1 saturated carbocycles. The molecule has 0 radical (unpaired) electrons. The number of hydrogen-bond donors (Lipinski definition) is 5. The van der Waals surface area contributed by atoms with Crippen LogP contribution in [-0.4, -0.2) is 73.3 Å². The molecule has 0 amide bonds. The van der Waals surface area contributed by atoms with Gasteiger partial charge in [-0.1, -0.05) is 6.07 Å². The molecule has 9 nitrogen and oxygen atoms in total. The zero-order chi connectivity index (χ0) is 28.2. The van der Waals surface area contributed by atoms with Gasteiger partial charge < -0.3 is 44.7 Å². The van der Waals surface area contributed by atoms with Crippen LogP contribution in [0.5, 0.6) is 28.7 Å². The summed E-state index contributed by atoms with van der Waals surface area (Å²) in [5, 5.41) is 43.8. The molecular weight excluding hydrogens is 502 g/mol. The summed E-state index contributed by atoms with van der Waals surface area (Å²) in [6.07, 6.45) is 5.92. The van der Waals surface area contributed by atoms with E-state index in [1.165, 1.54) is 14.2 Å². The fourth-order valence-electron chi connectivity index (χ4n) is 5.28. The fourth-order valence-corrected chi connectivity index (χ4v) is 5.28. The van der Waals surface area contributed by atoms with Gasteiger partial charge in [-0.3, -0.25) is 0 Å². The van der Waals surface area contributed by atoms with E-state index >= 15 is 0 Å². The van der Waals surface area contributed by atoms with E-state index < -0.39 is 12.9 Å². The van der Waals surface area contributed by atoms with Crippen molar-refractivity contribution in [3.8, 4) is 28.7 Å². The lowest BCUT2D eigenvalue weighted by atomic mass is 9.87. The number of aliphatic hydroxyl groups is 2. The summed E-state index contributed by atoms with van der Waals surface area (Å²) in [4.78, 5) is 0. The van der Waals surface area contributed by atoms with E-state index in [9.17, 15) is 20.4 Å². The molecule has 0 saturated heterocycles. The van der Waals surface area contributed by atoms with Crippen LogP contribution in [0.4, 0.5) is 0 Å². The minimum atomic E-state index is -0.649. The molecule has 1 fully saturated rings. The summed E-state index contributed by atoms with van der Waals surface area (Å²) in [6, 6.07) is 8.86. The smallest absolute Gasteiger partial charge is 0.200 e. The lowest BCUT2D eigenvalue weighted by Crippen LogP contribution is -2.29. The first-order valence-electron chi connectivity index (χ1n) is 13.8. The van der Waals surface area contributed by atoms with E-state index in [0.717, 1.165) is 43.4 Å². The Bertz CT molecular complexity index is 983. The molecule has 2 atom stereocenters. The van der Waals surface area contributed by atoms with Crippen molar-refractivity contribution in [1.82, 2.24) is 5.32 Å². The fraction of sp³-hybridized carbons (Fsp3) is 0.600. The second-order valence-corrected chi connectivity index (χ2v) is 10.4. The highest BCUT2D eigenvalue weighted by Gasteiger charge is 2.23. The van der Waals surface area contributed by atoms with Crippen molar-refractivity contribution >= 4 is 0 Å². The number of ether oxygens (including phenoxy) is 4. The minimum absolute atomic E-state index is 0.0552. The predicted molar refractivity (Wildman–Crippen MR) is 149 cm³/mol. The number of benzene rings is 2. The highest BCUT2D eigenvalue weighted by molar-refractivity contribution is 5.52. The minimum Gasteiger partial charge on any atom is -0.504 e. The van der Waals surface area contributed by atoms with Crippen LogP contribution in [-0.2, 0) is 17.6 Å². The van der Waals surface area contributed by atoms with Gasteiger partial charge in [-0.2, -0.15) is 0 Å². The zero-order valence-corrected chi connectivity index (χ0v) is 23.4. The van der Waals surface area contributed by atoms with Crippen LogP contribution in [0.25, 0.3) is 0 Å². The molecular formula is C30H45NO8. The molecule has 5 N–H and O–H groups in total. The third kappa shape index (κ3) is 9.46. The number of phenols is 2. The van der Waals surface area contributed by atoms with Crippen molar-refractivity contribution in [1.29, 1.82) is 0 Å². The highest BCUT2D eigenvalue weighted by Crippen LogP contribution is 2.37. The van der Waals surface area contributed by atoms with E-state index in [0.29, 0.717) is 55.3 Å². The number of hydrogen-bond acceptors (Lipinski definition) is 9. The summed E-state index contributed by atoms with van der Waals surface area (Å²) >= 11 is 0. The number of rotatable bonds is 16. The summed E-state index contributed by atoms with van der Waals surface area (Å²) in [6.45, 7) is 0.601. The standard InChI is InChI=1S/C30H45NO8/c1-31-18-21-6-10-24(11-7-21)39-27-14-20(8-13-26(27)34)5-12-25(38-19-32)17-23(33)9-4-22-15-28(36-2)30(35)29(16-22)37-3/h8,13-16,21,23-25,31-35H,4-7,9-12,17-19H2,1-3H3/t21?,23-,24?,25-/m0/s1. The molecule has 1 aliphatic carbocycles. The van der Waals surface area contributed by atoms with Gasteiger partial charge >= 0.3 is 0 Å². The molecule has 218 valence electrons. The summed E-state index contributed by atoms with van der Waals surface area (Å²) in [5.41, 5.74) is 1.86. The van der Waals surface area contributed by atoms with Gasteiger partial charge in [-0.05, 0) is 113 Å². The molecule has 0 spiro atoms. The van der Waals surface area contributed by atoms with Crippen LogP contribution < -0.4 is 19.5 Å². The largest absolute Gasteiger partial charge is 0.504 e. The Balaban J connectivity index is 1.52. The average molecular weight is 548 g/mol. The van der Waals surface area contributed by atoms with Crippen molar-refractivity contribution in [3.05, 3.63) is 41.5 Å². The van der Waals surface area contributed by atoms with E-state index in [-0.39, 0.29) is 23.7 Å². The molecule has 0 bridgehead atoms. The van der Waals surface area contributed by atoms with Crippen molar-refractivity contribution in [3.63, 3.8) is 0 Å². The molecule has 0 heterocycles. The monoisotopic (exact) mass is 547 g/mol. The summed E-state index contributed by atoms with van der Waals surface area (Å²) in [7, 11) is 4.93. The topological polar surface area (TPSA) is 130 Å². The zero-order valence-electron chi connectivity index (χ0n) is 23.4. The number of aryl methyl sites for hydroxylation is 2. The SMILES string of the molecule is CNCC1CCC(Oc2cc(CC[C@@H](C[C@@H](O)CCc3cc(OC)c(O)c(OC)c3)OCO)ccc2O)CC1. The number of aliphatic hydroxyl groups excluding tert-OH is 2. The quantitative estimate of drug-likeness (QED) is 0.199. The second kappa shape index (κ2) is 15.8. The molecule has 0 unspecified atom stereocenters. The number of methoxy groups -OCH3 is 2. The maximum atomic E-state index is 10.7. The van der Waals surface area contributed by atoms with Crippen LogP contribution in [0.2, 0.25) is 0 Å². The lowest BCUT2D eigenvalue weighted by Gasteiger charge is -2.29. The van der Waals surface area contributed by atoms with Crippen molar-refractivity contribution in [2.24, 2.45) is 5.92 Å². The van der Waals surface area contributed by atoms with Crippen molar-refractivity contribution in [2.45, 2.75) is 76.1 Å². The number of aromatic hydroxyl groups is 2. The third-order valence-corrected chi connectivity index (χ3v) is 7.51. The number of phenolic OH excluding ortho intramolecular Hbond substituents is 2. The second-order valence-electron chi connectivity index (χ2n) is 10.4. The third-order valence-electron chi connectivity index (χ3n) is 7.51. The Hall–Kier alpha value is -2.72. The lowest BCUT2D eigenvalue weighted by molar-refractivity contribution is -0.0690. The first-order valence-corrected chi connectivity index (χ1v) is 13.8. The Morgan fingerprint density at radius 3 is 2.15 bits per heavy atom. The average Bonchev–Trinajstić information content (AvgIpc) is 2.94.